The molecule has 1 unspecified atom stereocenters. The van der Waals surface area contributed by atoms with Crippen LogP contribution in [0, 0.1) is 5.92 Å². The van der Waals surface area contributed by atoms with Gasteiger partial charge in [-0.1, -0.05) is 26.0 Å². The molecule has 0 aliphatic heterocycles. The van der Waals surface area contributed by atoms with E-state index in [1.54, 1.807) is 24.2 Å². The monoisotopic (exact) mass is 380 g/mol. The number of nitrogens with two attached hydrogens (primary N) is 1. The Kier molecular flexibility index (Phi) is 8.11. The summed E-state index contributed by atoms with van der Waals surface area (Å²) in [5.74, 6) is 1.12. The molecule has 0 radical (unpaired) electrons. The van der Waals surface area contributed by atoms with Gasteiger partial charge in [-0.2, -0.15) is 5.10 Å². The number of benzene rings is 1. The molecule has 144 valence electrons. The fourth-order valence-corrected chi connectivity index (χ4v) is 2.92. The van der Waals surface area contributed by atoms with Gasteiger partial charge in [-0.3, -0.25) is 9.48 Å². The van der Waals surface area contributed by atoms with Crippen LogP contribution in [0.15, 0.2) is 36.7 Å². The van der Waals surface area contributed by atoms with E-state index in [9.17, 15) is 4.79 Å². The second kappa shape index (κ2) is 9.59. The van der Waals surface area contributed by atoms with Crippen LogP contribution in [0.25, 0.3) is 0 Å². The maximum Gasteiger partial charge on any atom is 0.254 e. The van der Waals surface area contributed by atoms with E-state index >= 15 is 0 Å². The Morgan fingerprint density at radius 2 is 2.00 bits per heavy atom. The van der Waals surface area contributed by atoms with Crippen molar-refractivity contribution in [2.75, 3.05) is 13.7 Å². The molecule has 26 heavy (non-hydrogen) atoms. The van der Waals surface area contributed by atoms with Crippen LogP contribution in [0.2, 0.25) is 0 Å². The Bertz CT molecular complexity index is 700. The SMILES string of the molecule is COc1ccc(Cn2cc(C(=O)NC(C)(CN)CC(C)C)cn2)cc1.Cl. The van der Waals surface area contributed by atoms with Gasteiger partial charge in [-0.15, -0.1) is 12.4 Å². The highest BCUT2D eigenvalue weighted by molar-refractivity contribution is 5.94. The molecule has 0 fully saturated rings. The highest BCUT2D eigenvalue weighted by Crippen LogP contribution is 2.16. The van der Waals surface area contributed by atoms with Crippen LogP contribution in [0.3, 0.4) is 0 Å². The topological polar surface area (TPSA) is 82.2 Å². The second-order valence-corrected chi connectivity index (χ2v) is 7.09. The van der Waals surface area contributed by atoms with Crippen LogP contribution in [-0.4, -0.2) is 34.9 Å². The highest BCUT2D eigenvalue weighted by Gasteiger charge is 2.26. The third-order valence-corrected chi connectivity index (χ3v) is 4.12. The molecular weight excluding hydrogens is 352 g/mol. The van der Waals surface area contributed by atoms with Crippen LogP contribution in [0.5, 0.6) is 5.75 Å². The van der Waals surface area contributed by atoms with Gasteiger partial charge in [0.05, 0.1) is 25.4 Å². The quantitative estimate of drug-likeness (QED) is 0.737. The molecule has 0 aliphatic carbocycles. The molecule has 1 amide bonds. The van der Waals surface area contributed by atoms with Gasteiger partial charge < -0.3 is 15.8 Å². The molecule has 2 aromatic rings. The molecular formula is C19H29ClN4O2. The van der Waals surface area contributed by atoms with Crippen LogP contribution in [0.1, 0.15) is 43.1 Å². The van der Waals surface area contributed by atoms with Crippen LogP contribution in [0.4, 0.5) is 0 Å². The van der Waals surface area contributed by atoms with Crippen molar-refractivity contribution in [3.8, 4) is 5.75 Å². The van der Waals surface area contributed by atoms with Crippen LogP contribution >= 0.6 is 12.4 Å². The molecule has 1 aromatic carbocycles. The van der Waals surface area contributed by atoms with E-state index < -0.39 is 5.54 Å². The van der Waals surface area contributed by atoms with Crippen molar-refractivity contribution in [3.63, 3.8) is 0 Å². The molecule has 0 spiro atoms. The normalized spacial score (nSPS) is 13.0. The number of hydrogen-bond acceptors (Lipinski definition) is 4. The summed E-state index contributed by atoms with van der Waals surface area (Å²) in [5, 5.41) is 7.33. The van der Waals surface area contributed by atoms with Crippen molar-refractivity contribution in [2.24, 2.45) is 11.7 Å². The number of rotatable bonds is 8. The molecule has 0 aliphatic rings. The van der Waals surface area contributed by atoms with Crippen LogP contribution in [-0.2, 0) is 6.54 Å². The minimum Gasteiger partial charge on any atom is -0.497 e. The molecule has 1 atom stereocenters. The molecule has 0 bridgehead atoms. The molecule has 1 heterocycles. The van der Waals surface area contributed by atoms with Crippen molar-refractivity contribution in [3.05, 3.63) is 47.8 Å². The smallest absolute Gasteiger partial charge is 0.254 e. The third-order valence-electron chi connectivity index (χ3n) is 4.12. The summed E-state index contributed by atoms with van der Waals surface area (Å²) in [6, 6.07) is 7.78. The lowest BCUT2D eigenvalue weighted by Gasteiger charge is -2.31. The Hall–Kier alpha value is -2.05. The maximum absolute atomic E-state index is 12.5. The molecule has 1 aromatic heterocycles. The first-order valence-corrected chi connectivity index (χ1v) is 8.53. The van der Waals surface area contributed by atoms with E-state index in [2.05, 4.69) is 24.3 Å². The molecule has 6 nitrogen and oxygen atoms in total. The van der Waals surface area contributed by atoms with Crippen LogP contribution < -0.4 is 15.8 Å². The summed E-state index contributed by atoms with van der Waals surface area (Å²) in [6.45, 7) is 7.21. The van der Waals surface area contributed by atoms with Crippen molar-refractivity contribution in [1.82, 2.24) is 15.1 Å². The number of halogens is 1. The van der Waals surface area contributed by atoms with Crippen molar-refractivity contribution >= 4 is 18.3 Å². The number of amides is 1. The van der Waals surface area contributed by atoms with E-state index in [1.807, 2.05) is 31.2 Å². The van der Waals surface area contributed by atoms with Crippen molar-refractivity contribution in [1.29, 1.82) is 0 Å². The number of hydrogen-bond donors (Lipinski definition) is 2. The highest BCUT2D eigenvalue weighted by atomic mass is 35.5. The summed E-state index contributed by atoms with van der Waals surface area (Å²) in [4.78, 5) is 12.5. The summed E-state index contributed by atoms with van der Waals surface area (Å²) >= 11 is 0. The Labute approximate surface area is 161 Å². The largest absolute Gasteiger partial charge is 0.497 e. The zero-order chi connectivity index (χ0) is 18.4. The molecule has 2 rings (SSSR count). The minimum absolute atomic E-state index is 0. The van der Waals surface area contributed by atoms with E-state index in [1.165, 1.54) is 0 Å². The van der Waals surface area contributed by atoms with Gasteiger partial charge in [0, 0.05) is 18.3 Å². The molecule has 3 N–H and O–H groups in total. The average molecular weight is 381 g/mol. The summed E-state index contributed by atoms with van der Waals surface area (Å²) in [6.07, 6.45) is 4.17. The lowest BCUT2D eigenvalue weighted by molar-refractivity contribution is 0.0898. The van der Waals surface area contributed by atoms with Gasteiger partial charge >= 0.3 is 0 Å². The zero-order valence-corrected chi connectivity index (χ0v) is 16.7. The van der Waals surface area contributed by atoms with E-state index in [0.29, 0.717) is 24.6 Å². The van der Waals surface area contributed by atoms with E-state index in [-0.39, 0.29) is 18.3 Å². The lowest BCUT2D eigenvalue weighted by atomic mass is 9.90. The van der Waals surface area contributed by atoms with Gasteiger partial charge in [0.25, 0.3) is 5.91 Å². The Balaban J connectivity index is 0.00000338. The number of nitrogens with one attached hydrogen (secondary N) is 1. The summed E-state index contributed by atoms with van der Waals surface area (Å²) in [5.41, 5.74) is 7.08. The molecule has 0 saturated heterocycles. The van der Waals surface area contributed by atoms with Gasteiger partial charge in [0.15, 0.2) is 0 Å². The first-order chi connectivity index (χ1) is 11.8. The summed E-state index contributed by atoms with van der Waals surface area (Å²) < 4.78 is 6.90. The van der Waals surface area contributed by atoms with E-state index in [0.717, 1.165) is 17.7 Å². The number of ether oxygens (including phenoxy) is 1. The number of aromatic nitrogens is 2. The van der Waals surface area contributed by atoms with Gasteiger partial charge in [0.1, 0.15) is 5.75 Å². The first-order valence-electron chi connectivity index (χ1n) is 8.53. The lowest BCUT2D eigenvalue weighted by Crippen LogP contribution is -2.52. The number of methoxy groups -OCH3 is 1. The van der Waals surface area contributed by atoms with Crippen molar-refractivity contribution < 1.29 is 9.53 Å². The van der Waals surface area contributed by atoms with Gasteiger partial charge in [-0.25, -0.2) is 0 Å². The number of nitrogens with zero attached hydrogens (tertiary/aromatic N) is 2. The average Bonchev–Trinajstić information content (AvgIpc) is 3.03. The van der Waals surface area contributed by atoms with E-state index in [4.69, 9.17) is 10.5 Å². The zero-order valence-electron chi connectivity index (χ0n) is 15.9. The number of carbonyl (C=O) groups excluding carboxylic acids is 1. The predicted octanol–water partition coefficient (Wildman–Crippen LogP) is 2.86. The predicted molar refractivity (Wildman–Crippen MR) is 106 cm³/mol. The Morgan fingerprint density at radius 1 is 1.35 bits per heavy atom. The standard InChI is InChI=1S/C19H28N4O2.ClH/c1-14(2)9-19(3,13-20)22-18(24)16-10-21-23(12-16)11-15-5-7-17(25-4)8-6-15;/h5-8,10,12,14H,9,11,13,20H2,1-4H3,(H,22,24);1H. The third kappa shape index (κ3) is 6.04. The van der Waals surface area contributed by atoms with Gasteiger partial charge in [-0.05, 0) is 37.0 Å². The second-order valence-electron chi connectivity index (χ2n) is 7.09. The summed E-state index contributed by atoms with van der Waals surface area (Å²) in [7, 11) is 1.64. The first kappa shape index (κ1) is 22.0. The molecule has 7 heteroatoms. The fourth-order valence-electron chi connectivity index (χ4n) is 2.92. The molecule has 0 saturated carbocycles. The Morgan fingerprint density at radius 3 is 2.54 bits per heavy atom. The number of carbonyl (C=O) groups is 1. The van der Waals surface area contributed by atoms with Gasteiger partial charge in [0.2, 0.25) is 0 Å². The van der Waals surface area contributed by atoms with Crippen molar-refractivity contribution in [2.45, 2.75) is 39.3 Å². The minimum atomic E-state index is -0.413. The maximum atomic E-state index is 12.5. The fraction of sp³-hybridized carbons (Fsp3) is 0.474.